The van der Waals surface area contributed by atoms with Gasteiger partial charge in [0.05, 0.1) is 6.20 Å². The molecular weight excluding hydrogens is 278 g/mol. The Bertz CT molecular complexity index is 609. The van der Waals surface area contributed by atoms with Crippen molar-refractivity contribution in [2.24, 2.45) is 0 Å². The molecule has 0 radical (unpaired) electrons. The van der Waals surface area contributed by atoms with E-state index in [1.165, 1.54) is 24.6 Å². The first-order chi connectivity index (χ1) is 9.74. The molecule has 0 aliphatic rings. The van der Waals surface area contributed by atoms with E-state index in [4.69, 9.17) is 25.9 Å². The van der Waals surface area contributed by atoms with Gasteiger partial charge in [-0.1, -0.05) is 29.8 Å². The second-order valence-corrected chi connectivity index (χ2v) is 4.13. The zero-order valence-electron chi connectivity index (χ0n) is 10.4. The van der Waals surface area contributed by atoms with Crippen LogP contribution in [0, 0.1) is 0 Å². The van der Waals surface area contributed by atoms with Gasteiger partial charge in [0.25, 0.3) is 0 Å². The predicted octanol–water partition coefficient (Wildman–Crippen LogP) is 4.51. The van der Waals surface area contributed by atoms with Crippen molar-refractivity contribution >= 4 is 11.6 Å². The number of hydrogen-bond donors (Lipinski definition) is 1. The highest BCUT2D eigenvalue weighted by atomic mass is 35.5. The average molecular weight is 290 g/mol. The summed E-state index contributed by atoms with van der Waals surface area (Å²) in [7, 11) is 0. The zero-order valence-corrected chi connectivity index (χ0v) is 11.2. The maximum absolute atomic E-state index is 8.99. The molecule has 0 fully saturated rings. The number of oxazole rings is 1. The molecule has 0 unspecified atom stereocenters. The second kappa shape index (κ2) is 7.21. The highest BCUT2D eigenvalue weighted by Crippen LogP contribution is 2.21. The molecule has 1 N–H and O–H groups in total. The molecule has 0 amide bonds. The number of phenols is 1. The fourth-order valence-electron chi connectivity index (χ4n) is 1.29. The topological polar surface area (TPSA) is 55.5 Å². The van der Waals surface area contributed by atoms with E-state index in [0.29, 0.717) is 5.75 Å². The minimum atomic E-state index is 0.186. The van der Waals surface area contributed by atoms with Crippen molar-refractivity contribution in [2.75, 3.05) is 0 Å². The molecular formula is C15H12ClNO3. The van der Waals surface area contributed by atoms with Crippen molar-refractivity contribution in [3.05, 3.63) is 72.1 Å². The van der Waals surface area contributed by atoms with Crippen molar-refractivity contribution in [3.8, 4) is 17.6 Å². The van der Waals surface area contributed by atoms with Crippen LogP contribution in [0.5, 0.6) is 17.6 Å². The minimum Gasteiger partial charge on any atom is -0.508 e. The molecule has 20 heavy (non-hydrogen) atoms. The lowest BCUT2D eigenvalue weighted by molar-refractivity contribution is 0.330. The maximum Gasteiger partial charge on any atom is 0.399 e. The molecule has 4 nitrogen and oxygen atoms in total. The molecule has 102 valence electrons. The summed E-state index contributed by atoms with van der Waals surface area (Å²) < 4.78 is 10.1. The molecule has 0 saturated carbocycles. The number of halogens is 1. The quantitative estimate of drug-likeness (QED) is 0.754. The molecule has 0 atom stereocenters. The third-order valence-electron chi connectivity index (χ3n) is 2.18. The van der Waals surface area contributed by atoms with Crippen LogP contribution in [-0.4, -0.2) is 10.1 Å². The highest BCUT2D eigenvalue weighted by Gasteiger charge is 1.99. The summed E-state index contributed by atoms with van der Waals surface area (Å²) in [6.45, 7) is 0. The molecule has 3 rings (SSSR count). The molecule has 2 aromatic carbocycles. The van der Waals surface area contributed by atoms with Crippen molar-refractivity contribution in [1.82, 2.24) is 4.98 Å². The van der Waals surface area contributed by atoms with Crippen LogP contribution in [0.4, 0.5) is 0 Å². The van der Waals surface area contributed by atoms with Gasteiger partial charge in [0.15, 0.2) is 0 Å². The summed E-state index contributed by atoms with van der Waals surface area (Å²) in [5, 5.41) is 9.78. The first-order valence-electron chi connectivity index (χ1n) is 5.81. The number of aromatic hydroxyl groups is 1. The first kappa shape index (κ1) is 14.0. The Morgan fingerprint density at radius 2 is 1.70 bits per heavy atom. The SMILES string of the molecule is Clc1ccccc1.Oc1ccc(Oc2ncco2)cc1. The van der Waals surface area contributed by atoms with Crippen LogP contribution in [0.2, 0.25) is 5.02 Å². The Morgan fingerprint density at radius 1 is 1.00 bits per heavy atom. The smallest absolute Gasteiger partial charge is 0.399 e. The van der Waals surface area contributed by atoms with Gasteiger partial charge in [0.2, 0.25) is 0 Å². The van der Waals surface area contributed by atoms with Gasteiger partial charge < -0.3 is 14.3 Å². The van der Waals surface area contributed by atoms with Crippen LogP contribution in [0.1, 0.15) is 0 Å². The largest absolute Gasteiger partial charge is 0.508 e. The molecule has 1 aromatic heterocycles. The Hall–Kier alpha value is -2.46. The number of benzene rings is 2. The third-order valence-corrected chi connectivity index (χ3v) is 2.44. The molecule has 3 aromatic rings. The monoisotopic (exact) mass is 289 g/mol. The van der Waals surface area contributed by atoms with E-state index in [1.807, 2.05) is 30.3 Å². The van der Waals surface area contributed by atoms with Gasteiger partial charge >= 0.3 is 6.08 Å². The van der Waals surface area contributed by atoms with Crippen LogP contribution in [0.25, 0.3) is 0 Å². The predicted molar refractivity (Wildman–Crippen MR) is 76.1 cm³/mol. The Kier molecular flexibility index (Phi) is 5.03. The lowest BCUT2D eigenvalue weighted by atomic mass is 10.3. The molecule has 0 bridgehead atoms. The summed E-state index contributed by atoms with van der Waals surface area (Å²) >= 11 is 5.54. The lowest BCUT2D eigenvalue weighted by Gasteiger charge is -1.99. The van der Waals surface area contributed by atoms with E-state index in [-0.39, 0.29) is 11.8 Å². The Morgan fingerprint density at radius 3 is 2.20 bits per heavy atom. The molecule has 0 saturated heterocycles. The minimum absolute atomic E-state index is 0.186. The Balaban J connectivity index is 0.000000178. The van der Waals surface area contributed by atoms with E-state index < -0.39 is 0 Å². The van der Waals surface area contributed by atoms with Gasteiger partial charge in [-0.25, -0.2) is 0 Å². The van der Waals surface area contributed by atoms with E-state index >= 15 is 0 Å². The van der Waals surface area contributed by atoms with Gasteiger partial charge in [-0.05, 0) is 36.4 Å². The molecule has 0 spiro atoms. The number of ether oxygens (including phenoxy) is 1. The zero-order chi connectivity index (χ0) is 14.2. The summed E-state index contributed by atoms with van der Waals surface area (Å²) in [6.07, 6.45) is 3.11. The average Bonchev–Trinajstić information content (AvgIpc) is 2.96. The van der Waals surface area contributed by atoms with Crippen LogP contribution in [-0.2, 0) is 0 Å². The first-order valence-corrected chi connectivity index (χ1v) is 6.19. The summed E-state index contributed by atoms with van der Waals surface area (Å²) in [6, 6.07) is 15.7. The highest BCUT2D eigenvalue weighted by molar-refractivity contribution is 6.30. The number of hydrogen-bond acceptors (Lipinski definition) is 4. The number of rotatable bonds is 2. The van der Waals surface area contributed by atoms with Gasteiger partial charge in [-0.2, -0.15) is 4.98 Å². The van der Waals surface area contributed by atoms with Gasteiger partial charge in [0, 0.05) is 5.02 Å². The normalized spacial score (nSPS) is 9.45. The van der Waals surface area contributed by atoms with Crippen molar-refractivity contribution in [3.63, 3.8) is 0 Å². The molecule has 1 heterocycles. The van der Waals surface area contributed by atoms with Crippen molar-refractivity contribution in [2.45, 2.75) is 0 Å². The second-order valence-electron chi connectivity index (χ2n) is 3.69. The van der Waals surface area contributed by atoms with Crippen molar-refractivity contribution in [1.29, 1.82) is 0 Å². The molecule has 0 aliphatic heterocycles. The fourth-order valence-corrected chi connectivity index (χ4v) is 1.44. The summed E-state index contributed by atoms with van der Waals surface area (Å²) in [5.74, 6) is 0.764. The summed E-state index contributed by atoms with van der Waals surface area (Å²) in [4.78, 5) is 3.78. The lowest BCUT2D eigenvalue weighted by Crippen LogP contribution is -1.82. The van der Waals surface area contributed by atoms with Gasteiger partial charge in [-0.3, -0.25) is 0 Å². The Labute approximate surface area is 121 Å². The fraction of sp³-hybridized carbons (Fsp3) is 0. The van der Waals surface area contributed by atoms with Gasteiger partial charge in [0.1, 0.15) is 17.8 Å². The van der Waals surface area contributed by atoms with E-state index in [1.54, 1.807) is 12.1 Å². The number of phenolic OH excluding ortho intramolecular Hbond substituents is 1. The molecule has 0 aliphatic carbocycles. The number of aromatic nitrogens is 1. The number of nitrogens with zero attached hydrogens (tertiary/aromatic N) is 1. The van der Waals surface area contributed by atoms with Crippen LogP contribution >= 0.6 is 11.6 Å². The van der Waals surface area contributed by atoms with E-state index in [2.05, 4.69) is 4.98 Å². The van der Waals surface area contributed by atoms with E-state index in [0.717, 1.165) is 5.02 Å². The molecule has 5 heteroatoms. The maximum atomic E-state index is 8.99. The summed E-state index contributed by atoms with van der Waals surface area (Å²) in [5.41, 5.74) is 0. The standard InChI is InChI=1S/C9H7NO3.C6H5Cl/c11-7-1-3-8(4-2-7)13-9-10-5-6-12-9;7-6-4-2-1-3-5-6/h1-6,11H;1-5H. The van der Waals surface area contributed by atoms with Crippen LogP contribution < -0.4 is 4.74 Å². The van der Waals surface area contributed by atoms with Crippen molar-refractivity contribution < 1.29 is 14.3 Å². The van der Waals surface area contributed by atoms with Crippen LogP contribution in [0.3, 0.4) is 0 Å². The van der Waals surface area contributed by atoms with Gasteiger partial charge in [-0.15, -0.1) is 0 Å². The third kappa shape index (κ3) is 4.66. The van der Waals surface area contributed by atoms with Crippen LogP contribution in [0.15, 0.2) is 71.5 Å². The van der Waals surface area contributed by atoms with E-state index in [9.17, 15) is 0 Å².